The maximum atomic E-state index is 12.9. The molecule has 0 spiro atoms. The van der Waals surface area contributed by atoms with Crippen LogP contribution in [0.5, 0.6) is 0 Å². The van der Waals surface area contributed by atoms with Crippen molar-refractivity contribution in [3.05, 3.63) is 0 Å². The topological polar surface area (TPSA) is 78.6 Å². The van der Waals surface area contributed by atoms with Gasteiger partial charge in [-0.15, -0.1) is 0 Å². The zero-order chi connectivity index (χ0) is 17.6. The zero-order valence-electron chi connectivity index (χ0n) is 15.3. The summed E-state index contributed by atoms with van der Waals surface area (Å²) in [7, 11) is 0. The Morgan fingerprint density at radius 1 is 1.22 bits per heavy atom. The molecule has 2 rings (SSSR count). The molecule has 0 amide bonds. The van der Waals surface area contributed by atoms with Gasteiger partial charge < -0.3 is 15.2 Å². The van der Waals surface area contributed by atoms with Crippen molar-refractivity contribution in [3.8, 4) is 0 Å². The van der Waals surface area contributed by atoms with E-state index in [9.17, 15) is 9.59 Å². The molecule has 4 atom stereocenters. The number of hydrogen-bond donors (Lipinski definition) is 1. The van der Waals surface area contributed by atoms with Crippen LogP contribution in [0.15, 0.2) is 0 Å². The molecule has 5 heteroatoms. The molecule has 2 aliphatic rings. The number of rotatable bonds is 3. The van der Waals surface area contributed by atoms with E-state index in [-0.39, 0.29) is 35.5 Å². The maximum Gasteiger partial charge on any atom is 0.327 e. The highest BCUT2D eigenvalue weighted by Crippen LogP contribution is 2.41. The van der Waals surface area contributed by atoms with Crippen molar-refractivity contribution in [2.24, 2.45) is 22.5 Å². The van der Waals surface area contributed by atoms with E-state index in [0.717, 1.165) is 6.42 Å². The van der Waals surface area contributed by atoms with Crippen molar-refractivity contribution < 1.29 is 19.1 Å². The second kappa shape index (κ2) is 5.76. The molecular weight excluding hydrogens is 294 g/mol. The summed E-state index contributed by atoms with van der Waals surface area (Å²) in [6.45, 7) is 12.1. The van der Waals surface area contributed by atoms with Crippen molar-refractivity contribution in [3.63, 3.8) is 0 Å². The van der Waals surface area contributed by atoms with Crippen LogP contribution in [-0.2, 0) is 19.1 Å². The maximum absolute atomic E-state index is 12.9. The fourth-order valence-electron chi connectivity index (χ4n) is 3.54. The van der Waals surface area contributed by atoms with Crippen LogP contribution in [0.2, 0.25) is 0 Å². The van der Waals surface area contributed by atoms with E-state index in [1.165, 1.54) is 0 Å². The van der Waals surface area contributed by atoms with Crippen molar-refractivity contribution >= 4 is 11.9 Å². The van der Waals surface area contributed by atoms with Crippen LogP contribution >= 0.6 is 0 Å². The summed E-state index contributed by atoms with van der Waals surface area (Å²) in [5.41, 5.74) is 4.96. The minimum Gasteiger partial charge on any atom is -0.458 e. The Balaban J connectivity index is 2.14. The number of carbonyl (C=O) groups is 2. The normalized spacial score (nSPS) is 30.6. The summed E-state index contributed by atoms with van der Waals surface area (Å²) >= 11 is 0. The number of ether oxygens (including phenoxy) is 2. The molecular formula is C18H31NO4. The number of fused-ring (bicyclic) bond motifs is 2. The average molecular weight is 325 g/mol. The van der Waals surface area contributed by atoms with Crippen LogP contribution < -0.4 is 5.73 Å². The van der Waals surface area contributed by atoms with Gasteiger partial charge in [-0.3, -0.25) is 9.59 Å². The first-order valence-electron chi connectivity index (χ1n) is 8.54. The smallest absolute Gasteiger partial charge is 0.327 e. The molecule has 1 saturated carbocycles. The Bertz CT molecular complexity index is 488. The van der Waals surface area contributed by atoms with Gasteiger partial charge in [0, 0.05) is 6.42 Å². The highest BCUT2D eigenvalue weighted by Gasteiger charge is 2.51. The third-order valence-corrected chi connectivity index (χ3v) is 5.10. The Morgan fingerprint density at radius 3 is 2.35 bits per heavy atom. The van der Waals surface area contributed by atoms with Gasteiger partial charge in [0.05, 0.1) is 5.92 Å². The lowest BCUT2D eigenvalue weighted by Gasteiger charge is -2.44. The van der Waals surface area contributed by atoms with E-state index >= 15 is 0 Å². The SMILES string of the molecule is CC(C)(C)CC(N)(C(=O)OC1CCC2CC1OC2=O)C(C)(C)C. The number of esters is 2. The van der Waals surface area contributed by atoms with Gasteiger partial charge in [-0.05, 0) is 30.1 Å². The molecule has 1 heterocycles. The Kier molecular flexibility index (Phi) is 4.57. The summed E-state index contributed by atoms with van der Waals surface area (Å²) < 4.78 is 11.1. The number of hydrogen-bond acceptors (Lipinski definition) is 5. The molecule has 23 heavy (non-hydrogen) atoms. The molecule has 0 aromatic rings. The quantitative estimate of drug-likeness (QED) is 0.807. The summed E-state index contributed by atoms with van der Waals surface area (Å²) in [5, 5.41) is 0. The fraction of sp³-hybridized carbons (Fsp3) is 0.889. The van der Waals surface area contributed by atoms with E-state index in [1.807, 2.05) is 20.8 Å². The first kappa shape index (κ1) is 18.2. The molecule has 2 N–H and O–H groups in total. The van der Waals surface area contributed by atoms with Gasteiger partial charge in [-0.2, -0.15) is 0 Å². The van der Waals surface area contributed by atoms with Crippen LogP contribution in [0, 0.1) is 16.7 Å². The van der Waals surface area contributed by atoms with E-state index < -0.39 is 11.0 Å². The molecule has 2 bridgehead atoms. The molecule has 132 valence electrons. The number of nitrogens with two attached hydrogens (primary N) is 1. The van der Waals surface area contributed by atoms with Crippen LogP contribution in [0.4, 0.5) is 0 Å². The van der Waals surface area contributed by atoms with Crippen molar-refractivity contribution in [2.45, 2.75) is 85.0 Å². The second-order valence-corrected chi connectivity index (χ2v) is 9.39. The number of carbonyl (C=O) groups excluding carboxylic acids is 2. The molecule has 2 fully saturated rings. The first-order valence-corrected chi connectivity index (χ1v) is 8.54. The summed E-state index contributed by atoms with van der Waals surface area (Å²) in [6, 6.07) is 0. The Hall–Kier alpha value is -1.10. The van der Waals surface area contributed by atoms with Gasteiger partial charge in [0.2, 0.25) is 0 Å². The molecule has 0 aromatic heterocycles. The van der Waals surface area contributed by atoms with Gasteiger partial charge in [0.1, 0.15) is 17.7 Å². The van der Waals surface area contributed by atoms with E-state index in [4.69, 9.17) is 15.2 Å². The Labute approximate surface area is 139 Å². The van der Waals surface area contributed by atoms with Gasteiger partial charge in [0.25, 0.3) is 0 Å². The molecule has 1 saturated heterocycles. The third kappa shape index (κ3) is 3.70. The van der Waals surface area contributed by atoms with Crippen LogP contribution in [0.1, 0.15) is 67.2 Å². The Morgan fingerprint density at radius 2 is 1.83 bits per heavy atom. The van der Waals surface area contributed by atoms with Gasteiger partial charge >= 0.3 is 11.9 Å². The predicted octanol–water partition coefficient (Wildman–Crippen LogP) is 2.80. The predicted molar refractivity (Wildman–Crippen MR) is 87.5 cm³/mol. The lowest BCUT2D eigenvalue weighted by molar-refractivity contribution is -0.171. The zero-order valence-corrected chi connectivity index (χ0v) is 15.3. The van der Waals surface area contributed by atoms with Crippen molar-refractivity contribution in [2.75, 3.05) is 0 Å². The standard InChI is InChI=1S/C18H31NO4/c1-16(2,3)10-18(19,17(4,5)6)15(21)23-12-8-7-11-9-13(12)22-14(11)20/h11-13H,7-10,19H2,1-6H3. The second-order valence-electron chi connectivity index (χ2n) is 9.39. The fourth-order valence-corrected chi connectivity index (χ4v) is 3.54. The average Bonchev–Trinajstić information content (AvgIpc) is 2.65. The van der Waals surface area contributed by atoms with E-state index in [1.54, 1.807) is 0 Å². The monoisotopic (exact) mass is 325 g/mol. The van der Waals surface area contributed by atoms with Crippen molar-refractivity contribution in [1.82, 2.24) is 0 Å². The van der Waals surface area contributed by atoms with E-state index in [2.05, 4.69) is 20.8 Å². The van der Waals surface area contributed by atoms with Gasteiger partial charge in [-0.25, -0.2) is 0 Å². The molecule has 0 aromatic carbocycles. The summed E-state index contributed by atoms with van der Waals surface area (Å²) in [6.07, 6.45) is 1.91. The minimum absolute atomic E-state index is 0.0187. The first-order chi connectivity index (χ1) is 10.3. The molecule has 4 unspecified atom stereocenters. The van der Waals surface area contributed by atoms with E-state index in [0.29, 0.717) is 19.3 Å². The summed E-state index contributed by atoms with van der Waals surface area (Å²) in [5.74, 6) is -0.556. The molecule has 1 aliphatic carbocycles. The highest BCUT2D eigenvalue weighted by molar-refractivity contribution is 5.82. The minimum atomic E-state index is -1.08. The van der Waals surface area contributed by atoms with Crippen LogP contribution in [0.25, 0.3) is 0 Å². The lowest BCUT2D eigenvalue weighted by Crippen LogP contribution is -2.61. The molecule has 5 nitrogen and oxygen atoms in total. The summed E-state index contributed by atoms with van der Waals surface area (Å²) in [4.78, 5) is 24.6. The largest absolute Gasteiger partial charge is 0.458 e. The highest BCUT2D eigenvalue weighted by atomic mass is 16.6. The van der Waals surface area contributed by atoms with Crippen LogP contribution in [0.3, 0.4) is 0 Å². The third-order valence-electron chi connectivity index (χ3n) is 5.10. The van der Waals surface area contributed by atoms with Gasteiger partial charge in [0.15, 0.2) is 0 Å². The lowest BCUT2D eigenvalue weighted by atomic mass is 9.66. The van der Waals surface area contributed by atoms with Gasteiger partial charge in [-0.1, -0.05) is 41.5 Å². The molecule has 0 radical (unpaired) electrons. The molecule has 1 aliphatic heterocycles. The van der Waals surface area contributed by atoms with Crippen LogP contribution in [-0.4, -0.2) is 29.7 Å². The van der Waals surface area contributed by atoms with Crippen molar-refractivity contribution in [1.29, 1.82) is 0 Å².